The third-order valence-corrected chi connectivity index (χ3v) is 1.69. The van der Waals surface area contributed by atoms with Crippen molar-refractivity contribution in [3.8, 4) is 5.75 Å². The molecule has 10 heavy (non-hydrogen) atoms. The second-order valence-corrected chi connectivity index (χ2v) is 2.77. The molecule has 0 saturated heterocycles. The predicted molar refractivity (Wildman–Crippen MR) is 43.0 cm³/mol. The van der Waals surface area contributed by atoms with Crippen LogP contribution < -0.4 is 0 Å². The Morgan fingerprint density at radius 1 is 1.60 bits per heavy atom. The van der Waals surface area contributed by atoms with Gasteiger partial charge in [-0.1, -0.05) is 6.92 Å². The summed E-state index contributed by atoms with van der Waals surface area (Å²) in [6.45, 7) is 1.95. The third-order valence-electron chi connectivity index (χ3n) is 1.25. The lowest BCUT2D eigenvalue weighted by molar-refractivity contribution is 0.464. The summed E-state index contributed by atoms with van der Waals surface area (Å²) < 4.78 is 0.766. The number of aromatic hydroxyl groups is 1. The molecule has 0 fully saturated rings. The monoisotopic (exact) mass is 201 g/mol. The second-order valence-electron chi connectivity index (χ2n) is 1.95. The Balaban J connectivity index is 3.09. The molecule has 0 aliphatic rings. The molecule has 1 heterocycles. The Morgan fingerprint density at radius 2 is 2.30 bits per heavy atom. The van der Waals surface area contributed by atoms with Crippen LogP contribution in [0.5, 0.6) is 5.75 Å². The van der Waals surface area contributed by atoms with E-state index in [1.165, 1.54) is 0 Å². The van der Waals surface area contributed by atoms with Gasteiger partial charge < -0.3 is 5.11 Å². The van der Waals surface area contributed by atoms with Gasteiger partial charge in [0.15, 0.2) is 0 Å². The van der Waals surface area contributed by atoms with Gasteiger partial charge in [0.2, 0.25) is 0 Å². The Hall–Kier alpha value is -0.570. The summed E-state index contributed by atoms with van der Waals surface area (Å²) in [5.41, 5.74) is 0.731. The Bertz CT molecular complexity index is 237. The van der Waals surface area contributed by atoms with Crippen molar-refractivity contribution in [3.63, 3.8) is 0 Å². The Morgan fingerprint density at radius 3 is 2.80 bits per heavy atom. The van der Waals surface area contributed by atoms with Crippen molar-refractivity contribution in [2.24, 2.45) is 0 Å². The van der Waals surface area contributed by atoms with Crippen LogP contribution in [0, 0.1) is 0 Å². The molecular formula is C7H8BrNO. The molecule has 0 radical (unpaired) electrons. The quantitative estimate of drug-likeness (QED) is 0.707. The van der Waals surface area contributed by atoms with Gasteiger partial charge in [-0.2, -0.15) is 0 Å². The van der Waals surface area contributed by atoms with Crippen LogP contribution in [0.25, 0.3) is 0 Å². The lowest BCUT2D eigenvalue weighted by Crippen LogP contribution is -1.86. The molecule has 54 valence electrons. The SMILES string of the molecule is CCc1nc(Br)ccc1O. The lowest BCUT2D eigenvalue weighted by Gasteiger charge is -1.98. The second kappa shape index (κ2) is 3.01. The van der Waals surface area contributed by atoms with Crippen LogP contribution in [-0.4, -0.2) is 10.1 Å². The fourth-order valence-corrected chi connectivity index (χ4v) is 1.07. The zero-order chi connectivity index (χ0) is 7.56. The summed E-state index contributed by atoms with van der Waals surface area (Å²) >= 11 is 3.21. The summed E-state index contributed by atoms with van der Waals surface area (Å²) in [6, 6.07) is 3.35. The van der Waals surface area contributed by atoms with Crippen LogP contribution in [0.1, 0.15) is 12.6 Å². The zero-order valence-corrected chi connectivity index (χ0v) is 7.22. The van der Waals surface area contributed by atoms with Crippen LogP contribution in [-0.2, 0) is 6.42 Å². The number of pyridine rings is 1. The highest BCUT2D eigenvalue weighted by Gasteiger charge is 1.98. The van der Waals surface area contributed by atoms with E-state index in [2.05, 4.69) is 20.9 Å². The highest BCUT2D eigenvalue weighted by atomic mass is 79.9. The van der Waals surface area contributed by atoms with Crippen molar-refractivity contribution in [2.45, 2.75) is 13.3 Å². The molecule has 3 heteroatoms. The topological polar surface area (TPSA) is 33.1 Å². The van der Waals surface area contributed by atoms with Crippen LogP contribution in [0.4, 0.5) is 0 Å². The van der Waals surface area contributed by atoms with Gasteiger partial charge in [0.1, 0.15) is 10.4 Å². The maximum atomic E-state index is 9.15. The fourth-order valence-electron chi connectivity index (χ4n) is 0.728. The molecule has 0 amide bonds. The molecule has 0 atom stereocenters. The van der Waals surface area contributed by atoms with Gasteiger partial charge in [0, 0.05) is 0 Å². The minimum absolute atomic E-state index is 0.269. The fraction of sp³-hybridized carbons (Fsp3) is 0.286. The molecule has 0 aliphatic heterocycles. The number of halogens is 1. The largest absolute Gasteiger partial charge is 0.506 e. The van der Waals surface area contributed by atoms with Crippen molar-refractivity contribution < 1.29 is 5.11 Å². The first-order valence-electron chi connectivity index (χ1n) is 3.08. The molecular weight excluding hydrogens is 194 g/mol. The van der Waals surface area contributed by atoms with E-state index in [9.17, 15) is 0 Å². The van der Waals surface area contributed by atoms with Crippen molar-refractivity contribution in [1.82, 2.24) is 4.98 Å². The highest BCUT2D eigenvalue weighted by molar-refractivity contribution is 9.10. The van der Waals surface area contributed by atoms with Gasteiger partial charge in [0.05, 0.1) is 5.69 Å². The molecule has 0 spiro atoms. The smallest absolute Gasteiger partial charge is 0.137 e. The molecule has 1 aromatic heterocycles. The average molecular weight is 202 g/mol. The third kappa shape index (κ3) is 1.48. The van der Waals surface area contributed by atoms with Crippen molar-refractivity contribution in [2.75, 3.05) is 0 Å². The van der Waals surface area contributed by atoms with Crippen LogP contribution in [0.2, 0.25) is 0 Å². The van der Waals surface area contributed by atoms with E-state index in [1.807, 2.05) is 6.92 Å². The molecule has 1 N–H and O–H groups in total. The Kier molecular flexibility index (Phi) is 2.27. The minimum Gasteiger partial charge on any atom is -0.506 e. The van der Waals surface area contributed by atoms with Crippen LogP contribution in [0.15, 0.2) is 16.7 Å². The molecule has 0 unspecified atom stereocenters. The summed E-state index contributed by atoms with van der Waals surface area (Å²) in [7, 11) is 0. The number of hydrogen-bond acceptors (Lipinski definition) is 2. The van der Waals surface area contributed by atoms with Gasteiger partial charge in [-0.3, -0.25) is 0 Å². The van der Waals surface area contributed by atoms with E-state index in [0.29, 0.717) is 0 Å². The number of hydrogen-bond donors (Lipinski definition) is 1. The van der Waals surface area contributed by atoms with Gasteiger partial charge >= 0.3 is 0 Å². The maximum Gasteiger partial charge on any atom is 0.137 e. The minimum atomic E-state index is 0.269. The molecule has 1 aromatic rings. The van der Waals surface area contributed by atoms with Crippen LogP contribution in [0.3, 0.4) is 0 Å². The van der Waals surface area contributed by atoms with Gasteiger partial charge in [0.25, 0.3) is 0 Å². The lowest BCUT2D eigenvalue weighted by atomic mass is 10.3. The summed E-state index contributed by atoms with van der Waals surface area (Å²) in [6.07, 6.45) is 0.755. The highest BCUT2D eigenvalue weighted by Crippen LogP contribution is 2.17. The summed E-state index contributed by atoms with van der Waals surface area (Å²) in [4.78, 5) is 4.06. The molecule has 0 aliphatic carbocycles. The maximum absolute atomic E-state index is 9.15. The number of aryl methyl sites for hydroxylation is 1. The van der Waals surface area contributed by atoms with E-state index in [4.69, 9.17) is 5.11 Å². The van der Waals surface area contributed by atoms with Gasteiger partial charge in [-0.25, -0.2) is 4.98 Å². The van der Waals surface area contributed by atoms with Crippen molar-refractivity contribution in [1.29, 1.82) is 0 Å². The first-order valence-corrected chi connectivity index (χ1v) is 3.87. The Labute approximate surface area is 68.0 Å². The summed E-state index contributed by atoms with van der Waals surface area (Å²) in [5, 5.41) is 9.15. The zero-order valence-electron chi connectivity index (χ0n) is 5.63. The predicted octanol–water partition coefficient (Wildman–Crippen LogP) is 2.11. The number of rotatable bonds is 1. The standard InChI is InChI=1S/C7H8BrNO/c1-2-5-6(10)3-4-7(8)9-5/h3-4,10H,2H2,1H3. The summed E-state index contributed by atoms with van der Waals surface area (Å²) in [5.74, 6) is 0.269. The number of aromatic nitrogens is 1. The molecule has 2 nitrogen and oxygen atoms in total. The van der Waals surface area contributed by atoms with E-state index in [1.54, 1.807) is 12.1 Å². The first-order chi connectivity index (χ1) is 4.74. The first kappa shape index (κ1) is 7.54. The van der Waals surface area contributed by atoms with E-state index < -0.39 is 0 Å². The van der Waals surface area contributed by atoms with Crippen LogP contribution >= 0.6 is 15.9 Å². The number of nitrogens with zero attached hydrogens (tertiary/aromatic N) is 1. The molecule has 1 rings (SSSR count). The molecule has 0 bridgehead atoms. The van der Waals surface area contributed by atoms with E-state index in [-0.39, 0.29) is 5.75 Å². The van der Waals surface area contributed by atoms with Crippen molar-refractivity contribution >= 4 is 15.9 Å². The van der Waals surface area contributed by atoms with Crippen molar-refractivity contribution in [3.05, 3.63) is 22.4 Å². The van der Waals surface area contributed by atoms with Gasteiger partial charge in [-0.15, -0.1) is 0 Å². The molecule has 0 saturated carbocycles. The van der Waals surface area contributed by atoms with Gasteiger partial charge in [-0.05, 0) is 34.5 Å². The molecule has 0 aromatic carbocycles. The average Bonchev–Trinajstić information content (AvgIpc) is 1.94. The normalized spacial score (nSPS) is 9.80. The van der Waals surface area contributed by atoms with E-state index >= 15 is 0 Å². The van der Waals surface area contributed by atoms with E-state index in [0.717, 1.165) is 16.7 Å².